The molecule has 0 radical (unpaired) electrons. The largest absolute Gasteiger partial charge is 0.489 e. The molecule has 1 heterocycles. The molecule has 6 nitrogen and oxygen atoms in total. The molecule has 0 amide bonds. The van der Waals surface area contributed by atoms with E-state index in [1.165, 1.54) is 6.92 Å². The average Bonchev–Trinajstić information content (AvgIpc) is 2.47. The molecule has 7 heteroatoms. The van der Waals surface area contributed by atoms with Gasteiger partial charge in [-0.25, -0.2) is 4.79 Å². The van der Waals surface area contributed by atoms with E-state index in [2.05, 4.69) is 29.0 Å². The first-order valence-electron chi connectivity index (χ1n) is 8.54. The third kappa shape index (κ3) is 6.16. The fraction of sp³-hybridized carbons (Fsp3) is 0.667. The van der Waals surface area contributed by atoms with E-state index in [1.807, 2.05) is 21.0 Å². The predicted octanol–water partition coefficient (Wildman–Crippen LogP) is 3.41. The van der Waals surface area contributed by atoms with Crippen LogP contribution in [0.2, 0.25) is 0 Å². The Balaban J connectivity index is 3.17. The second-order valence-corrected chi connectivity index (χ2v) is 7.34. The number of ether oxygens (including phenoxy) is 1. The van der Waals surface area contributed by atoms with Gasteiger partial charge in [0.2, 0.25) is 5.95 Å². The van der Waals surface area contributed by atoms with Gasteiger partial charge in [0.15, 0.2) is 11.6 Å². The number of unbranched alkanes of at least 4 members (excludes halogenated alkanes) is 1. The van der Waals surface area contributed by atoms with Crippen molar-refractivity contribution in [2.45, 2.75) is 40.5 Å². The summed E-state index contributed by atoms with van der Waals surface area (Å²) < 4.78 is 19.8. The zero-order valence-corrected chi connectivity index (χ0v) is 16.1. The molecule has 0 aliphatic heterocycles. The van der Waals surface area contributed by atoms with Crippen LogP contribution < -0.4 is 10.1 Å². The molecule has 0 aromatic carbocycles. The van der Waals surface area contributed by atoms with Gasteiger partial charge in [-0.3, -0.25) is 0 Å². The first-order chi connectivity index (χ1) is 11.6. The molecule has 142 valence electrons. The maximum Gasteiger partial charge on any atom is 0.340 e. The summed E-state index contributed by atoms with van der Waals surface area (Å²) in [5.41, 5.74) is -0.301. The van der Waals surface area contributed by atoms with Crippen LogP contribution in [0.25, 0.3) is 0 Å². The number of nitrogens with one attached hydrogen (secondary N) is 1. The highest BCUT2D eigenvalue weighted by atomic mass is 19.1. The average molecular weight is 355 g/mol. The second kappa shape index (κ2) is 8.99. The highest BCUT2D eigenvalue weighted by molar-refractivity contribution is 5.94. The number of hydrogen-bond acceptors (Lipinski definition) is 5. The van der Waals surface area contributed by atoms with Gasteiger partial charge in [0.25, 0.3) is 0 Å². The van der Waals surface area contributed by atoms with E-state index in [4.69, 9.17) is 4.74 Å². The number of carboxylic acids is 1. The van der Waals surface area contributed by atoms with Gasteiger partial charge in [-0.1, -0.05) is 27.2 Å². The topological polar surface area (TPSA) is 74.7 Å². The van der Waals surface area contributed by atoms with Gasteiger partial charge in [-0.15, -0.1) is 0 Å². The van der Waals surface area contributed by atoms with Crippen LogP contribution in [0.3, 0.4) is 0 Å². The molecule has 1 aromatic rings. The molecule has 0 fully saturated rings. The van der Waals surface area contributed by atoms with Gasteiger partial charge in [0.1, 0.15) is 5.56 Å². The molecule has 0 unspecified atom stereocenters. The first kappa shape index (κ1) is 21.2. The second-order valence-electron chi connectivity index (χ2n) is 7.34. The van der Waals surface area contributed by atoms with Gasteiger partial charge in [0.05, 0.1) is 6.61 Å². The Labute approximate surface area is 149 Å². The van der Waals surface area contributed by atoms with Crippen LogP contribution in [-0.4, -0.2) is 54.8 Å². The Morgan fingerprint density at radius 3 is 2.56 bits per heavy atom. The molecule has 0 saturated heterocycles. The van der Waals surface area contributed by atoms with E-state index in [-0.39, 0.29) is 28.1 Å². The van der Waals surface area contributed by atoms with Crippen molar-refractivity contribution in [3.63, 3.8) is 0 Å². The lowest BCUT2D eigenvalue weighted by molar-refractivity contribution is 0.0690. The fourth-order valence-electron chi connectivity index (χ4n) is 2.70. The quantitative estimate of drug-likeness (QED) is 0.495. The monoisotopic (exact) mass is 355 g/mol. The van der Waals surface area contributed by atoms with Gasteiger partial charge < -0.3 is 20.1 Å². The Morgan fingerprint density at radius 1 is 1.40 bits per heavy atom. The van der Waals surface area contributed by atoms with Gasteiger partial charge in [0, 0.05) is 18.7 Å². The van der Waals surface area contributed by atoms with E-state index in [0.29, 0.717) is 13.2 Å². The summed E-state index contributed by atoms with van der Waals surface area (Å²) in [4.78, 5) is 17.6. The SMILES string of the molecule is CCCCOc1c(NCC(C)(C)CN(C)C)nc(F)c(C)c1C(=O)O. The van der Waals surface area contributed by atoms with Crippen LogP contribution in [0, 0.1) is 18.3 Å². The van der Waals surface area contributed by atoms with Gasteiger partial charge in [-0.05, 0) is 32.9 Å². The molecule has 0 atom stereocenters. The first-order valence-corrected chi connectivity index (χ1v) is 8.54. The number of carbonyl (C=O) groups is 1. The van der Waals surface area contributed by atoms with Crippen LogP contribution in [0.4, 0.5) is 10.2 Å². The molecule has 0 spiro atoms. The molecule has 25 heavy (non-hydrogen) atoms. The van der Waals surface area contributed by atoms with Crippen LogP contribution in [0.1, 0.15) is 49.5 Å². The molecular weight excluding hydrogens is 325 g/mol. The number of rotatable bonds is 10. The number of aromatic carboxylic acids is 1. The minimum Gasteiger partial charge on any atom is -0.489 e. The van der Waals surface area contributed by atoms with Crippen molar-refractivity contribution in [1.82, 2.24) is 9.88 Å². The minimum absolute atomic E-state index is 0.0166. The maximum atomic E-state index is 14.1. The molecule has 1 aromatic heterocycles. The summed E-state index contributed by atoms with van der Waals surface area (Å²) >= 11 is 0. The zero-order chi connectivity index (χ0) is 19.2. The van der Waals surface area contributed by atoms with Crippen LogP contribution in [0.15, 0.2) is 0 Å². The smallest absolute Gasteiger partial charge is 0.340 e. The Hall–Kier alpha value is -1.89. The van der Waals surface area contributed by atoms with Crippen molar-refractivity contribution in [2.75, 3.05) is 39.1 Å². The lowest BCUT2D eigenvalue weighted by Gasteiger charge is -2.29. The third-order valence-corrected chi connectivity index (χ3v) is 3.77. The minimum atomic E-state index is -1.22. The number of pyridine rings is 1. The van der Waals surface area contributed by atoms with E-state index < -0.39 is 11.9 Å². The number of aromatic nitrogens is 1. The van der Waals surface area contributed by atoms with E-state index in [9.17, 15) is 14.3 Å². The molecule has 0 aliphatic rings. The standard InChI is InChI=1S/C18H30FN3O3/c1-7-8-9-25-14-13(17(23)24)12(2)15(19)21-16(14)20-10-18(3,4)11-22(5)6/h7-11H2,1-6H3,(H,20,21)(H,23,24). The molecule has 1 rings (SSSR count). The Morgan fingerprint density at radius 2 is 2.04 bits per heavy atom. The van der Waals surface area contributed by atoms with Gasteiger partial charge >= 0.3 is 5.97 Å². The molecule has 0 aliphatic carbocycles. The normalized spacial score (nSPS) is 11.7. The number of hydrogen-bond donors (Lipinski definition) is 2. The van der Waals surface area contributed by atoms with Crippen molar-refractivity contribution in [1.29, 1.82) is 0 Å². The predicted molar refractivity (Wildman–Crippen MR) is 97.1 cm³/mol. The third-order valence-electron chi connectivity index (χ3n) is 3.77. The molecule has 2 N–H and O–H groups in total. The summed E-state index contributed by atoms with van der Waals surface area (Å²) in [7, 11) is 3.96. The fourth-order valence-corrected chi connectivity index (χ4v) is 2.70. The zero-order valence-electron chi connectivity index (χ0n) is 16.1. The lowest BCUT2D eigenvalue weighted by Crippen LogP contribution is -2.34. The molecule has 0 saturated carbocycles. The van der Waals surface area contributed by atoms with Gasteiger partial charge in [-0.2, -0.15) is 9.37 Å². The lowest BCUT2D eigenvalue weighted by atomic mass is 9.93. The number of carboxylic acid groups (broad SMARTS) is 1. The highest BCUT2D eigenvalue weighted by Gasteiger charge is 2.26. The Bertz CT molecular complexity index is 604. The summed E-state index contributed by atoms with van der Waals surface area (Å²) in [6.45, 7) is 9.23. The molecular formula is C18H30FN3O3. The van der Waals surface area contributed by atoms with Crippen LogP contribution >= 0.6 is 0 Å². The maximum absolute atomic E-state index is 14.1. The highest BCUT2D eigenvalue weighted by Crippen LogP contribution is 2.32. The number of anilines is 1. The Kier molecular flexibility index (Phi) is 7.60. The van der Waals surface area contributed by atoms with Crippen LogP contribution in [0.5, 0.6) is 5.75 Å². The molecule has 0 bridgehead atoms. The number of halogens is 1. The van der Waals surface area contributed by atoms with Crippen molar-refractivity contribution < 1.29 is 19.0 Å². The van der Waals surface area contributed by atoms with Crippen molar-refractivity contribution in [2.24, 2.45) is 5.41 Å². The van der Waals surface area contributed by atoms with Crippen LogP contribution in [-0.2, 0) is 0 Å². The van der Waals surface area contributed by atoms with E-state index >= 15 is 0 Å². The van der Waals surface area contributed by atoms with E-state index in [1.54, 1.807) is 0 Å². The summed E-state index contributed by atoms with van der Waals surface area (Å²) in [6.07, 6.45) is 1.69. The summed E-state index contributed by atoms with van der Waals surface area (Å²) in [6, 6.07) is 0. The van der Waals surface area contributed by atoms with E-state index in [0.717, 1.165) is 19.4 Å². The van der Waals surface area contributed by atoms with Crippen molar-refractivity contribution >= 4 is 11.8 Å². The van der Waals surface area contributed by atoms with Crippen molar-refractivity contribution in [3.8, 4) is 5.75 Å². The number of nitrogens with zero attached hydrogens (tertiary/aromatic N) is 2. The summed E-state index contributed by atoms with van der Waals surface area (Å²) in [5.74, 6) is -1.77. The van der Waals surface area contributed by atoms with Crippen molar-refractivity contribution in [3.05, 3.63) is 17.1 Å². The summed E-state index contributed by atoms with van der Waals surface area (Å²) in [5, 5.41) is 12.6.